The van der Waals surface area contributed by atoms with Crippen LogP contribution in [0.3, 0.4) is 0 Å². The fourth-order valence-corrected chi connectivity index (χ4v) is 3.28. The average molecular weight is 264 g/mol. The highest BCUT2D eigenvalue weighted by molar-refractivity contribution is 8.00. The van der Waals surface area contributed by atoms with Crippen LogP contribution in [-0.4, -0.2) is 17.1 Å². The summed E-state index contributed by atoms with van der Waals surface area (Å²) < 4.78 is 0.892. The molecule has 0 aliphatic heterocycles. The van der Waals surface area contributed by atoms with E-state index in [9.17, 15) is 4.79 Å². The number of hydrogen-bond acceptors (Lipinski definition) is 4. The highest BCUT2D eigenvalue weighted by Crippen LogP contribution is 2.28. The van der Waals surface area contributed by atoms with E-state index >= 15 is 0 Å². The fraction of sp³-hybridized carbons (Fsp3) is 0.167. The zero-order chi connectivity index (χ0) is 12.3. The molecule has 3 nitrogen and oxygen atoms in total. The number of nitrogens with zero attached hydrogens (tertiary/aromatic N) is 1. The minimum absolute atomic E-state index is 0.397. The number of aromatic nitrogens is 1. The van der Waals surface area contributed by atoms with Gasteiger partial charge in [-0.3, -0.25) is 4.79 Å². The van der Waals surface area contributed by atoms with Crippen molar-refractivity contribution in [3.8, 4) is 0 Å². The molecule has 0 spiro atoms. The summed E-state index contributed by atoms with van der Waals surface area (Å²) in [6, 6.07) is 10.1. The van der Waals surface area contributed by atoms with E-state index in [1.165, 1.54) is 28.7 Å². The molecule has 5 heteroatoms. The Hall–Kier alpha value is -1.33. The molecule has 0 aliphatic rings. The lowest BCUT2D eigenvalue weighted by atomic mass is 10.2. The Morgan fingerprint density at radius 2 is 2.12 bits per heavy atom. The fourth-order valence-electron chi connectivity index (χ4n) is 1.49. The third kappa shape index (κ3) is 2.87. The van der Waals surface area contributed by atoms with Crippen molar-refractivity contribution in [2.45, 2.75) is 10.6 Å². The van der Waals surface area contributed by atoms with Gasteiger partial charge in [-0.1, -0.05) is 30.3 Å². The number of thiazole rings is 1. The molecule has 0 aliphatic carbocycles. The maximum absolute atomic E-state index is 11.2. The van der Waals surface area contributed by atoms with Crippen LogP contribution in [0.4, 0.5) is 0 Å². The van der Waals surface area contributed by atoms with E-state index in [1.54, 1.807) is 0 Å². The summed E-state index contributed by atoms with van der Waals surface area (Å²) in [5.74, 6) is -0.454. The molecular formula is C12H12N2OS2. The van der Waals surface area contributed by atoms with E-state index < -0.39 is 5.91 Å². The zero-order valence-electron chi connectivity index (χ0n) is 9.34. The van der Waals surface area contributed by atoms with Gasteiger partial charge >= 0.3 is 0 Å². The molecule has 0 radical (unpaired) electrons. The first kappa shape index (κ1) is 12.1. The molecule has 0 atom stereocenters. The van der Waals surface area contributed by atoms with Gasteiger partial charge in [0, 0.05) is 6.42 Å². The number of amides is 1. The average Bonchev–Trinajstić information content (AvgIpc) is 2.73. The van der Waals surface area contributed by atoms with Crippen LogP contribution in [-0.2, 0) is 6.42 Å². The Labute approximate surface area is 108 Å². The molecule has 2 aromatic rings. The third-order valence-corrected chi connectivity index (χ3v) is 4.42. The summed E-state index contributed by atoms with van der Waals surface area (Å²) in [5.41, 5.74) is 6.87. The maximum atomic E-state index is 11.2. The second-order valence-electron chi connectivity index (χ2n) is 3.47. The lowest BCUT2D eigenvalue weighted by Crippen LogP contribution is -2.12. The lowest BCUT2D eigenvalue weighted by molar-refractivity contribution is 0.0993. The lowest BCUT2D eigenvalue weighted by Gasteiger charge is -1.95. The molecular weight excluding hydrogens is 252 g/mol. The van der Waals surface area contributed by atoms with Crippen molar-refractivity contribution in [3.05, 3.63) is 46.6 Å². The Morgan fingerprint density at radius 3 is 2.65 bits per heavy atom. The molecule has 2 rings (SSSR count). The Bertz CT molecular complexity index is 523. The zero-order valence-corrected chi connectivity index (χ0v) is 11.0. The van der Waals surface area contributed by atoms with E-state index in [0.717, 1.165) is 15.6 Å². The number of hydrogen-bond donors (Lipinski definition) is 1. The molecule has 1 heterocycles. The van der Waals surface area contributed by atoms with E-state index in [4.69, 9.17) is 5.73 Å². The summed E-state index contributed by atoms with van der Waals surface area (Å²) in [7, 11) is 0. The first-order valence-corrected chi connectivity index (χ1v) is 7.12. The SMILES string of the molecule is CSc1sc(Cc2ccccc2)nc1C(N)=O. The Balaban J connectivity index is 2.26. The van der Waals surface area contributed by atoms with E-state index in [0.29, 0.717) is 5.69 Å². The first-order valence-electron chi connectivity index (χ1n) is 5.08. The molecule has 88 valence electrons. The van der Waals surface area contributed by atoms with Crippen LogP contribution in [0.1, 0.15) is 21.1 Å². The summed E-state index contributed by atoms with van der Waals surface area (Å²) in [6.45, 7) is 0. The number of rotatable bonds is 4. The number of primary amides is 1. The van der Waals surface area contributed by atoms with Crippen LogP contribution in [0.2, 0.25) is 0 Å². The van der Waals surface area contributed by atoms with Gasteiger partial charge in [0.05, 0.1) is 9.22 Å². The highest BCUT2D eigenvalue weighted by Gasteiger charge is 2.14. The minimum Gasteiger partial charge on any atom is -0.364 e. The first-order chi connectivity index (χ1) is 8.20. The van der Waals surface area contributed by atoms with Crippen LogP contribution >= 0.6 is 23.1 Å². The van der Waals surface area contributed by atoms with E-state index in [2.05, 4.69) is 4.98 Å². The standard InChI is InChI=1S/C12H12N2OS2/c1-16-12-10(11(13)15)14-9(17-12)7-8-5-3-2-4-6-8/h2-6H,7H2,1H3,(H2,13,15). The molecule has 17 heavy (non-hydrogen) atoms. The van der Waals surface area contributed by atoms with Crippen LogP contribution in [0.25, 0.3) is 0 Å². The molecule has 1 amide bonds. The van der Waals surface area contributed by atoms with Crippen LogP contribution in [0.5, 0.6) is 0 Å². The van der Waals surface area contributed by atoms with Crippen LogP contribution in [0.15, 0.2) is 34.5 Å². The van der Waals surface area contributed by atoms with Crippen molar-refractivity contribution in [3.63, 3.8) is 0 Å². The third-order valence-electron chi connectivity index (χ3n) is 2.26. The van der Waals surface area contributed by atoms with Gasteiger partial charge in [-0.25, -0.2) is 4.98 Å². The molecule has 1 aromatic heterocycles. The monoisotopic (exact) mass is 264 g/mol. The van der Waals surface area contributed by atoms with Gasteiger partial charge in [0.2, 0.25) is 0 Å². The molecule has 1 aromatic carbocycles. The number of nitrogens with two attached hydrogens (primary N) is 1. The van der Waals surface area contributed by atoms with E-state index in [-0.39, 0.29) is 0 Å². The quantitative estimate of drug-likeness (QED) is 0.863. The van der Waals surface area contributed by atoms with Crippen molar-refractivity contribution in [1.82, 2.24) is 4.98 Å². The van der Waals surface area contributed by atoms with Crippen molar-refractivity contribution >= 4 is 29.0 Å². The molecule has 2 N–H and O–H groups in total. The van der Waals surface area contributed by atoms with Gasteiger partial charge < -0.3 is 5.73 Å². The minimum atomic E-state index is -0.454. The Morgan fingerprint density at radius 1 is 1.41 bits per heavy atom. The predicted octanol–water partition coefficient (Wildman–Crippen LogP) is 2.55. The highest BCUT2D eigenvalue weighted by atomic mass is 32.2. The smallest absolute Gasteiger partial charge is 0.269 e. The van der Waals surface area contributed by atoms with Crippen molar-refractivity contribution in [2.75, 3.05) is 6.26 Å². The summed E-state index contributed by atoms with van der Waals surface area (Å²) >= 11 is 3.04. The predicted molar refractivity (Wildman–Crippen MR) is 71.7 cm³/mol. The van der Waals surface area contributed by atoms with Gasteiger partial charge in [0.15, 0.2) is 5.69 Å². The maximum Gasteiger partial charge on any atom is 0.269 e. The number of carbonyl (C=O) groups is 1. The largest absolute Gasteiger partial charge is 0.364 e. The number of carbonyl (C=O) groups excluding carboxylic acids is 1. The van der Waals surface area contributed by atoms with Gasteiger partial charge in [0.1, 0.15) is 0 Å². The number of thioether (sulfide) groups is 1. The van der Waals surface area contributed by atoms with Crippen molar-refractivity contribution in [2.24, 2.45) is 5.73 Å². The summed E-state index contributed by atoms with van der Waals surface area (Å²) in [5, 5.41) is 0.925. The molecule has 0 saturated heterocycles. The number of benzene rings is 1. The normalized spacial score (nSPS) is 10.4. The molecule has 0 bridgehead atoms. The van der Waals surface area contributed by atoms with Crippen LogP contribution < -0.4 is 5.73 Å². The molecule has 0 saturated carbocycles. The van der Waals surface area contributed by atoms with Gasteiger partial charge in [-0.2, -0.15) is 0 Å². The second-order valence-corrected chi connectivity index (χ2v) is 5.63. The Kier molecular flexibility index (Phi) is 3.81. The van der Waals surface area contributed by atoms with Gasteiger partial charge in [0.25, 0.3) is 5.91 Å². The topological polar surface area (TPSA) is 56.0 Å². The molecule has 0 unspecified atom stereocenters. The van der Waals surface area contributed by atoms with Crippen molar-refractivity contribution in [1.29, 1.82) is 0 Å². The van der Waals surface area contributed by atoms with Gasteiger partial charge in [-0.05, 0) is 11.8 Å². The summed E-state index contributed by atoms with van der Waals surface area (Å²) in [6.07, 6.45) is 2.67. The van der Waals surface area contributed by atoms with Gasteiger partial charge in [-0.15, -0.1) is 23.1 Å². The summed E-state index contributed by atoms with van der Waals surface area (Å²) in [4.78, 5) is 15.5. The second kappa shape index (κ2) is 5.33. The van der Waals surface area contributed by atoms with Crippen molar-refractivity contribution < 1.29 is 4.79 Å². The van der Waals surface area contributed by atoms with E-state index in [1.807, 2.05) is 36.6 Å². The van der Waals surface area contributed by atoms with Crippen LogP contribution in [0, 0.1) is 0 Å². The molecule has 0 fully saturated rings.